The molecule has 4 nitrogen and oxygen atoms in total. The van der Waals surface area contributed by atoms with Gasteiger partial charge in [-0.15, -0.1) is 0 Å². The van der Waals surface area contributed by atoms with Gasteiger partial charge in [0, 0.05) is 0 Å². The third-order valence-corrected chi connectivity index (χ3v) is 4.87. The van der Waals surface area contributed by atoms with E-state index in [-0.39, 0.29) is 24.1 Å². The molecule has 1 N–H and O–H groups in total. The first-order valence-corrected chi connectivity index (χ1v) is 5.72. The predicted molar refractivity (Wildman–Crippen MR) is 48.9 cm³/mol. The topological polar surface area (TPSA) is 59.1 Å². The highest BCUT2D eigenvalue weighted by Gasteiger charge is 2.87. The van der Waals surface area contributed by atoms with Crippen LogP contribution in [0.4, 0.5) is 0 Å². The van der Waals surface area contributed by atoms with Gasteiger partial charge in [0.25, 0.3) is 0 Å². The fourth-order valence-corrected chi connectivity index (χ4v) is 4.17. The van der Waals surface area contributed by atoms with Gasteiger partial charge in [-0.25, -0.2) is 4.79 Å². The summed E-state index contributed by atoms with van der Waals surface area (Å²) in [4.78, 5) is 11.8. The fourth-order valence-electron chi connectivity index (χ4n) is 4.17. The smallest absolute Gasteiger partial charge is 0.344 e. The van der Waals surface area contributed by atoms with Crippen LogP contribution in [-0.2, 0) is 14.3 Å². The van der Waals surface area contributed by atoms with Crippen LogP contribution in [0, 0.1) is 11.8 Å². The zero-order valence-electron chi connectivity index (χ0n) is 8.60. The second-order valence-corrected chi connectivity index (χ2v) is 5.48. The summed E-state index contributed by atoms with van der Waals surface area (Å²) in [5.74, 6) is 0.221. The summed E-state index contributed by atoms with van der Waals surface area (Å²) >= 11 is 0. The Bertz CT molecular complexity index is 368. The van der Waals surface area contributed by atoms with E-state index in [2.05, 4.69) is 6.92 Å². The summed E-state index contributed by atoms with van der Waals surface area (Å²) in [5, 5.41) is 10.7. The molecule has 2 saturated heterocycles. The lowest BCUT2D eigenvalue weighted by Gasteiger charge is -2.35. The third-order valence-electron chi connectivity index (χ3n) is 4.87. The van der Waals surface area contributed by atoms with Crippen molar-refractivity contribution in [2.24, 2.45) is 11.8 Å². The molecule has 0 bridgehead atoms. The molecule has 2 heterocycles. The highest BCUT2D eigenvalue weighted by atomic mass is 16.7. The van der Waals surface area contributed by atoms with E-state index in [0.717, 1.165) is 19.3 Å². The van der Waals surface area contributed by atoms with Gasteiger partial charge in [0.1, 0.15) is 17.8 Å². The maximum atomic E-state index is 11.8. The minimum absolute atomic E-state index is 0.102. The van der Waals surface area contributed by atoms with Gasteiger partial charge in [-0.1, -0.05) is 6.92 Å². The number of esters is 1. The molecule has 0 aromatic carbocycles. The Kier molecular flexibility index (Phi) is 1.19. The maximum absolute atomic E-state index is 11.8. The Balaban J connectivity index is 1.90. The molecule has 4 heteroatoms. The molecule has 1 spiro atoms. The predicted octanol–water partition coefficient (Wildman–Crippen LogP) is 0.230. The maximum Gasteiger partial charge on any atom is 0.344 e. The monoisotopic (exact) mass is 210 g/mol. The van der Waals surface area contributed by atoms with Crippen LogP contribution >= 0.6 is 0 Å². The normalized spacial score (nSPS) is 64.8. The van der Waals surface area contributed by atoms with Crippen LogP contribution in [0.3, 0.4) is 0 Å². The Morgan fingerprint density at radius 3 is 3.07 bits per heavy atom. The summed E-state index contributed by atoms with van der Waals surface area (Å²) in [6, 6.07) is 0. The molecule has 6 atom stereocenters. The van der Waals surface area contributed by atoms with Crippen molar-refractivity contribution >= 4 is 5.97 Å². The molecular weight excluding hydrogens is 196 g/mol. The van der Waals surface area contributed by atoms with Gasteiger partial charge in [0.2, 0.25) is 5.60 Å². The average Bonchev–Trinajstić information content (AvgIpc) is 2.85. The van der Waals surface area contributed by atoms with Crippen LogP contribution < -0.4 is 0 Å². The van der Waals surface area contributed by atoms with E-state index in [1.54, 1.807) is 0 Å². The van der Waals surface area contributed by atoms with Gasteiger partial charge in [0.05, 0.1) is 0 Å². The lowest BCUT2D eigenvalue weighted by molar-refractivity contribution is -0.145. The van der Waals surface area contributed by atoms with Crippen molar-refractivity contribution in [1.29, 1.82) is 0 Å². The molecule has 0 unspecified atom stereocenters. The highest BCUT2D eigenvalue weighted by molar-refractivity contribution is 5.89. The van der Waals surface area contributed by atoms with Crippen molar-refractivity contribution in [2.75, 3.05) is 0 Å². The molecule has 4 fully saturated rings. The largest absolute Gasteiger partial charge is 0.457 e. The molecule has 2 aliphatic carbocycles. The van der Waals surface area contributed by atoms with Crippen molar-refractivity contribution in [1.82, 2.24) is 0 Å². The molecule has 4 rings (SSSR count). The molecule has 2 aliphatic heterocycles. The van der Waals surface area contributed by atoms with Gasteiger partial charge in [-0.2, -0.15) is 0 Å². The molecule has 4 aliphatic rings. The zero-order chi connectivity index (χ0) is 10.4. The standard InChI is InChI=1S/C11H14O4/c1-5-4-6-2-3-7-10(6,13)11(8(5)15-11)9(12)14-7/h5-8,13H,2-4H2,1H3/t5-,6+,7+,8+,10+,11-/m0/s1. The molecule has 2 saturated carbocycles. The minimum atomic E-state index is -1.01. The van der Waals surface area contributed by atoms with Crippen LogP contribution in [0.1, 0.15) is 26.2 Å². The molecular formula is C11H14O4. The number of ether oxygens (including phenoxy) is 2. The lowest BCUT2D eigenvalue weighted by atomic mass is 9.67. The Hall–Kier alpha value is -0.610. The first-order valence-electron chi connectivity index (χ1n) is 5.72. The van der Waals surface area contributed by atoms with Crippen molar-refractivity contribution < 1.29 is 19.4 Å². The van der Waals surface area contributed by atoms with Crippen LogP contribution in [0.15, 0.2) is 0 Å². The van der Waals surface area contributed by atoms with E-state index < -0.39 is 11.2 Å². The van der Waals surface area contributed by atoms with Crippen molar-refractivity contribution in [3.63, 3.8) is 0 Å². The van der Waals surface area contributed by atoms with Crippen LogP contribution in [0.25, 0.3) is 0 Å². The molecule has 0 amide bonds. The van der Waals surface area contributed by atoms with Gasteiger partial charge in [-0.05, 0) is 31.1 Å². The van der Waals surface area contributed by atoms with E-state index in [1.165, 1.54) is 0 Å². The van der Waals surface area contributed by atoms with E-state index >= 15 is 0 Å². The highest BCUT2D eigenvalue weighted by Crippen LogP contribution is 2.67. The number of hydrogen-bond acceptors (Lipinski definition) is 4. The van der Waals surface area contributed by atoms with E-state index in [1.807, 2.05) is 0 Å². The van der Waals surface area contributed by atoms with Crippen molar-refractivity contribution in [3.05, 3.63) is 0 Å². The molecule has 15 heavy (non-hydrogen) atoms. The first kappa shape index (κ1) is 8.53. The Labute approximate surface area is 87.5 Å². The number of epoxide rings is 1. The Morgan fingerprint density at radius 1 is 1.47 bits per heavy atom. The van der Waals surface area contributed by atoms with Crippen LogP contribution in [-0.4, -0.2) is 34.5 Å². The third kappa shape index (κ3) is 0.633. The minimum Gasteiger partial charge on any atom is -0.457 e. The van der Waals surface area contributed by atoms with Gasteiger partial charge < -0.3 is 14.6 Å². The van der Waals surface area contributed by atoms with E-state index in [0.29, 0.717) is 5.92 Å². The zero-order valence-corrected chi connectivity index (χ0v) is 8.60. The number of carbonyl (C=O) groups excluding carboxylic acids is 1. The lowest BCUT2D eigenvalue weighted by Crippen LogP contribution is -2.57. The summed E-state index contributed by atoms with van der Waals surface area (Å²) in [6.45, 7) is 2.10. The second-order valence-electron chi connectivity index (χ2n) is 5.48. The molecule has 0 aromatic heterocycles. The van der Waals surface area contributed by atoms with Crippen molar-refractivity contribution in [3.8, 4) is 0 Å². The Morgan fingerprint density at radius 2 is 2.27 bits per heavy atom. The average molecular weight is 210 g/mol. The van der Waals surface area contributed by atoms with Gasteiger partial charge in [0.15, 0.2) is 0 Å². The van der Waals surface area contributed by atoms with Gasteiger partial charge in [-0.3, -0.25) is 0 Å². The SMILES string of the molecule is C[C@H]1C[C@H]2CC[C@H]3OC(=O)[C@]4(O[C@H]14)[C@@]23O. The summed E-state index contributed by atoms with van der Waals surface area (Å²) in [6.07, 6.45) is 2.28. The molecule has 0 aromatic rings. The van der Waals surface area contributed by atoms with E-state index in [9.17, 15) is 9.90 Å². The molecule has 82 valence electrons. The summed E-state index contributed by atoms with van der Waals surface area (Å²) in [5.41, 5.74) is -1.99. The number of hydrogen-bond donors (Lipinski definition) is 1. The van der Waals surface area contributed by atoms with Crippen LogP contribution in [0.2, 0.25) is 0 Å². The summed E-state index contributed by atoms with van der Waals surface area (Å²) in [7, 11) is 0. The second kappa shape index (κ2) is 2.09. The number of carbonyl (C=O) groups is 1. The van der Waals surface area contributed by atoms with Crippen LogP contribution in [0.5, 0.6) is 0 Å². The van der Waals surface area contributed by atoms with Gasteiger partial charge >= 0.3 is 5.97 Å². The summed E-state index contributed by atoms with van der Waals surface area (Å²) < 4.78 is 10.9. The van der Waals surface area contributed by atoms with Crippen molar-refractivity contribution in [2.45, 2.75) is 49.6 Å². The number of aliphatic hydroxyl groups is 1. The first-order chi connectivity index (χ1) is 7.10. The van der Waals surface area contributed by atoms with E-state index in [4.69, 9.17) is 9.47 Å². The number of rotatable bonds is 0. The fraction of sp³-hybridized carbons (Fsp3) is 0.909. The quantitative estimate of drug-likeness (QED) is 0.459. The molecule has 0 radical (unpaired) electrons.